The van der Waals surface area contributed by atoms with E-state index in [1.165, 1.54) is 5.56 Å². The Balaban J connectivity index is 1.90. The molecule has 0 saturated carbocycles. The second-order valence-electron chi connectivity index (χ2n) is 4.79. The molecule has 0 bridgehead atoms. The van der Waals surface area contributed by atoms with Gasteiger partial charge in [-0.2, -0.15) is 10.4 Å². The molecule has 0 saturated heterocycles. The number of hydrogen-bond donors (Lipinski definition) is 1. The monoisotopic (exact) mass is 254 g/mol. The largest absolute Gasteiger partial charge is 0.308 e. The standard InChI is InChI=1S/C15H18N4/c1-12-8-18-19(10-12)11-13(2)17-9-15-6-4-3-5-14(15)7-16/h3-6,8,10,13,17H,9,11H2,1-2H3/t13-/m1/s1. The summed E-state index contributed by atoms with van der Waals surface area (Å²) in [5, 5.41) is 16.7. The highest BCUT2D eigenvalue weighted by molar-refractivity contribution is 5.37. The van der Waals surface area contributed by atoms with Crippen molar-refractivity contribution < 1.29 is 0 Å². The van der Waals surface area contributed by atoms with E-state index in [0.717, 1.165) is 17.7 Å². The summed E-state index contributed by atoms with van der Waals surface area (Å²) < 4.78 is 1.93. The molecule has 1 aromatic heterocycles. The maximum Gasteiger partial charge on any atom is 0.0995 e. The summed E-state index contributed by atoms with van der Waals surface area (Å²) in [7, 11) is 0. The Morgan fingerprint density at radius 1 is 1.42 bits per heavy atom. The van der Waals surface area contributed by atoms with E-state index in [-0.39, 0.29) is 0 Å². The number of rotatable bonds is 5. The lowest BCUT2D eigenvalue weighted by Crippen LogP contribution is -2.30. The maximum absolute atomic E-state index is 9.03. The van der Waals surface area contributed by atoms with Crippen LogP contribution in [0.5, 0.6) is 0 Å². The Kier molecular flexibility index (Phi) is 4.32. The average molecular weight is 254 g/mol. The van der Waals surface area contributed by atoms with Crippen LogP contribution >= 0.6 is 0 Å². The van der Waals surface area contributed by atoms with Gasteiger partial charge in [0.15, 0.2) is 0 Å². The van der Waals surface area contributed by atoms with Crippen molar-refractivity contribution in [2.24, 2.45) is 0 Å². The predicted molar refractivity (Wildman–Crippen MR) is 74.4 cm³/mol. The van der Waals surface area contributed by atoms with Crippen molar-refractivity contribution in [2.75, 3.05) is 0 Å². The Morgan fingerprint density at radius 3 is 2.89 bits per heavy atom. The van der Waals surface area contributed by atoms with Gasteiger partial charge < -0.3 is 5.32 Å². The van der Waals surface area contributed by atoms with Crippen LogP contribution in [0.4, 0.5) is 0 Å². The summed E-state index contributed by atoms with van der Waals surface area (Å²) in [4.78, 5) is 0. The summed E-state index contributed by atoms with van der Waals surface area (Å²) in [5.41, 5.74) is 2.94. The number of aryl methyl sites for hydroxylation is 1. The molecule has 2 aromatic rings. The van der Waals surface area contributed by atoms with E-state index in [2.05, 4.69) is 23.4 Å². The lowest BCUT2D eigenvalue weighted by molar-refractivity contribution is 0.450. The molecule has 98 valence electrons. The number of nitrogens with zero attached hydrogens (tertiary/aromatic N) is 3. The highest BCUT2D eigenvalue weighted by atomic mass is 15.3. The molecule has 4 nitrogen and oxygen atoms in total. The normalized spacial score (nSPS) is 12.1. The van der Waals surface area contributed by atoms with Crippen molar-refractivity contribution in [1.29, 1.82) is 5.26 Å². The molecule has 0 fully saturated rings. The van der Waals surface area contributed by atoms with E-state index in [4.69, 9.17) is 5.26 Å². The first-order valence-corrected chi connectivity index (χ1v) is 6.39. The van der Waals surface area contributed by atoms with Crippen molar-refractivity contribution in [3.05, 3.63) is 53.3 Å². The number of hydrogen-bond acceptors (Lipinski definition) is 3. The van der Waals surface area contributed by atoms with Crippen molar-refractivity contribution >= 4 is 0 Å². The first-order valence-electron chi connectivity index (χ1n) is 6.39. The fraction of sp³-hybridized carbons (Fsp3) is 0.333. The first kappa shape index (κ1) is 13.3. The van der Waals surface area contributed by atoms with Crippen molar-refractivity contribution in [3.63, 3.8) is 0 Å². The molecule has 19 heavy (non-hydrogen) atoms. The van der Waals surface area contributed by atoms with E-state index in [1.807, 2.05) is 48.3 Å². The molecule has 4 heteroatoms. The van der Waals surface area contributed by atoms with Gasteiger partial charge in [0, 0.05) is 18.8 Å². The summed E-state index contributed by atoms with van der Waals surface area (Å²) in [5.74, 6) is 0. The first-order chi connectivity index (χ1) is 9.19. The smallest absolute Gasteiger partial charge is 0.0995 e. The number of nitriles is 1. The molecule has 2 rings (SSSR count). The van der Waals surface area contributed by atoms with Crippen LogP contribution in [-0.2, 0) is 13.1 Å². The topological polar surface area (TPSA) is 53.6 Å². The molecule has 0 aliphatic rings. The SMILES string of the molecule is Cc1cnn(C[C@@H](C)NCc2ccccc2C#N)c1. The minimum Gasteiger partial charge on any atom is -0.308 e. The lowest BCUT2D eigenvalue weighted by Gasteiger charge is -2.14. The number of benzene rings is 1. The Bertz CT molecular complexity index is 580. The summed E-state index contributed by atoms with van der Waals surface area (Å²) in [6, 6.07) is 10.2. The van der Waals surface area contributed by atoms with Gasteiger partial charge in [-0.05, 0) is 31.0 Å². The van der Waals surface area contributed by atoms with E-state index in [9.17, 15) is 0 Å². The molecule has 1 atom stereocenters. The Labute approximate surface area is 113 Å². The van der Waals surface area contributed by atoms with E-state index in [0.29, 0.717) is 12.6 Å². The van der Waals surface area contributed by atoms with E-state index >= 15 is 0 Å². The highest BCUT2D eigenvalue weighted by Gasteiger charge is 2.05. The van der Waals surface area contributed by atoms with Crippen LogP contribution in [0.15, 0.2) is 36.7 Å². The minimum absolute atomic E-state index is 0.297. The van der Waals surface area contributed by atoms with Gasteiger partial charge in [0.05, 0.1) is 24.4 Å². The van der Waals surface area contributed by atoms with Gasteiger partial charge in [0.1, 0.15) is 0 Å². The molecule has 1 heterocycles. The van der Waals surface area contributed by atoms with Crippen LogP contribution in [0.1, 0.15) is 23.6 Å². The third-order valence-electron chi connectivity index (χ3n) is 3.00. The van der Waals surface area contributed by atoms with Crippen LogP contribution < -0.4 is 5.32 Å². The molecule has 0 radical (unpaired) electrons. The van der Waals surface area contributed by atoms with Gasteiger partial charge in [-0.3, -0.25) is 4.68 Å². The van der Waals surface area contributed by atoms with Crippen LogP contribution in [-0.4, -0.2) is 15.8 Å². The summed E-state index contributed by atoms with van der Waals surface area (Å²) in [6.45, 7) is 5.67. The zero-order valence-corrected chi connectivity index (χ0v) is 11.3. The Morgan fingerprint density at radius 2 is 2.21 bits per heavy atom. The number of nitrogens with one attached hydrogen (secondary N) is 1. The molecule has 1 aromatic carbocycles. The minimum atomic E-state index is 0.297. The van der Waals surface area contributed by atoms with Gasteiger partial charge in [-0.1, -0.05) is 18.2 Å². The molecule has 0 aliphatic heterocycles. The third-order valence-corrected chi connectivity index (χ3v) is 3.00. The third kappa shape index (κ3) is 3.67. The molecule has 0 amide bonds. The van der Waals surface area contributed by atoms with Gasteiger partial charge >= 0.3 is 0 Å². The molecular formula is C15H18N4. The molecular weight excluding hydrogens is 236 g/mol. The van der Waals surface area contributed by atoms with Crippen molar-refractivity contribution in [2.45, 2.75) is 33.0 Å². The molecule has 0 spiro atoms. The second kappa shape index (κ2) is 6.17. The van der Waals surface area contributed by atoms with Crippen molar-refractivity contribution in [1.82, 2.24) is 15.1 Å². The average Bonchev–Trinajstić information content (AvgIpc) is 2.82. The zero-order chi connectivity index (χ0) is 13.7. The zero-order valence-electron chi connectivity index (χ0n) is 11.3. The van der Waals surface area contributed by atoms with Gasteiger partial charge in [-0.15, -0.1) is 0 Å². The van der Waals surface area contributed by atoms with Crippen LogP contribution in [0, 0.1) is 18.3 Å². The van der Waals surface area contributed by atoms with Gasteiger partial charge in [0.2, 0.25) is 0 Å². The fourth-order valence-corrected chi connectivity index (χ4v) is 1.98. The summed E-state index contributed by atoms with van der Waals surface area (Å²) in [6.07, 6.45) is 3.89. The van der Waals surface area contributed by atoms with Crippen LogP contribution in [0.3, 0.4) is 0 Å². The van der Waals surface area contributed by atoms with Gasteiger partial charge in [0.25, 0.3) is 0 Å². The van der Waals surface area contributed by atoms with Crippen molar-refractivity contribution in [3.8, 4) is 6.07 Å². The fourth-order valence-electron chi connectivity index (χ4n) is 1.98. The number of aromatic nitrogens is 2. The molecule has 1 N–H and O–H groups in total. The van der Waals surface area contributed by atoms with E-state index in [1.54, 1.807) is 0 Å². The summed E-state index contributed by atoms with van der Waals surface area (Å²) >= 11 is 0. The highest BCUT2D eigenvalue weighted by Crippen LogP contribution is 2.07. The Hall–Kier alpha value is -2.12. The van der Waals surface area contributed by atoms with Crippen LogP contribution in [0.2, 0.25) is 0 Å². The van der Waals surface area contributed by atoms with Gasteiger partial charge in [-0.25, -0.2) is 0 Å². The van der Waals surface area contributed by atoms with E-state index < -0.39 is 0 Å². The maximum atomic E-state index is 9.03. The predicted octanol–water partition coefficient (Wildman–Crippen LogP) is 2.24. The second-order valence-corrected chi connectivity index (χ2v) is 4.79. The van der Waals surface area contributed by atoms with Crippen LogP contribution in [0.25, 0.3) is 0 Å². The molecule has 0 aliphatic carbocycles. The lowest BCUT2D eigenvalue weighted by atomic mass is 10.1. The molecule has 0 unspecified atom stereocenters. The quantitative estimate of drug-likeness (QED) is 0.890.